The van der Waals surface area contributed by atoms with Crippen LogP contribution in [-0.4, -0.2) is 42.2 Å². The van der Waals surface area contributed by atoms with E-state index in [0.717, 1.165) is 30.3 Å². The van der Waals surface area contributed by atoms with Crippen molar-refractivity contribution < 1.29 is 0 Å². The molecule has 7 heteroatoms. The van der Waals surface area contributed by atoms with Gasteiger partial charge in [-0.2, -0.15) is 5.10 Å². The van der Waals surface area contributed by atoms with Gasteiger partial charge in [0.1, 0.15) is 0 Å². The highest BCUT2D eigenvalue weighted by atomic mass is 32.1. The fourth-order valence-electron chi connectivity index (χ4n) is 3.19. The maximum atomic E-state index is 4.72. The minimum Gasteiger partial charge on any atom is -0.293 e. The first-order valence-electron chi connectivity index (χ1n) is 8.23. The van der Waals surface area contributed by atoms with Crippen molar-refractivity contribution >= 4 is 11.3 Å². The van der Waals surface area contributed by atoms with Crippen molar-refractivity contribution in [3.8, 4) is 10.8 Å². The molecule has 0 N–H and O–H groups in total. The first-order chi connectivity index (χ1) is 11.8. The van der Waals surface area contributed by atoms with Gasteiger partial charge in [0.15, 0.2) is 10.8 Å². The molecule has 24 heavy (non-hydrogen) atoms. The number of nitrogens with zero attached hydrogens (tertiary/aromatic N) is 6. The molecule has 3 aromatic rings. The van der Waals surface area contributed by atoms with E-state index in [2.05, 4.69) is 43.1 Å². The van der Waals surface area contributed by atoms with Crippen molar-refractivity contribution in [2.45, 2.75) is 38.9 Å². The highest BCUT2D eigenvalue weighted by Gasteiger charge is 2.25. The number of likely N-dealkylation sites (tertiary alicyclic amines) is 1. The molecule has 1 saturated heterocycles. The van der Waals surface area contributed by atoms with Crippen LogP contribution in [0.5, 0.6) is 0 Å². The quantitative estimate of drug-likeness (QED) is 0.715. The van der Waals surface area contributed by atoms with Crippen molar-refractivity contribution in [2.24, 2.45) is 0 Å². The summed E-state index contributed by atoms with van der Waals surface area (Å²) in [6, 6.07) is 2.35. The van der Waals surface area contributed by atoms with E-state index in [-0.39, 0.29) is 0 Å². The van der Waals surface area contributed by atoms with Crippen LogP contribution >= 0.6 is 11.3 Å². The monoisotopic (exact) mass is 340 g/mol. The van der Waals surface area contributed by atoms with E-state index < -0.39 is 0 Å². The van der Waals surface area contributed by atoms with Crippen LogP contribution in [0.2, 0.25) is 0 Å². The van der Waals surface area contributed by atoms with Gasteiger partial charge in [0, 0.05) is 36.6 Å². The lowest BCUT2D eigenvalue weighted by Crippen LogP contribution is -2.32. The molecular weight excluding hydrogens is 320 g/mol. The molecular formula is C17H20N6S. The zero-order chi connectivity index (χ0) is 16.4. The molecule has 0 aromatic carbocycles. The fourth-order valence-corrected chi connectivity index (χ4v) is 3.95. The average molecular weight is 340 g/mol. The van der Waals surface area contributed by atoms with Gasteiger partial charge in [0.05, 0.1) is 18.4 Å². The van der Waals surface area contributed by atoms with Crippen molar-refractivity contribution in [2.75, 3.05) is 6.54 Å². The molecule has 6 nitrogen and oxygen atoms in total. The summed E-state index contributed by atoms with van der Waals surface area (Å²) in [5.41, 5.74) is 2.32. The van der Waals surface area contributed by atoms with Gasteiger partial charge in [-0.3, -0.25) is 9.58 Å². The van der Waals surface area contributed by atoms with E-state index in [9.17, 15) is 0 Å². The van der Waals surface area contributed by atoms with Crippen LogP contribution in [0.15, 0.2) is 36.2 Å². The summed E-state index contributed by atoms with van der Waals surface area (Å²) in [7, 11) is 0. The molecule has 1 aliphatic heterocycles. The Kier molecular flexibility index (Phi) is 4.36. The second kappa shape index (κ2) is 6.78. The maximum Gasteiger partial charge on any atom is 0.188 e. The van der Waals surface area contributed by atoms with E-state index in [1.807, 2.05) is 12.3 Å². The molecule has 1 fully saturated rings. The molecule has 124 valence electrons. The zero-order valence-corrected chi connectivity index (χ0v) is 14.5. The Morgan fingerprint density at radius 2 is 2.17 bits per heavy atom. The van der Waals surface area contributed by atoms with Crippen LogP contribution in [0.4, 0.5) is 0 Å². The van der Waals surface area contributed by atoms with Gasteiger partial charge in [0.25, 0.3) is 0 Å². The summed E-state index contributed by atoms with van der Waals surface area (Å²) in [4.78, 5) is 15.8. The van der Waals surface area contributed by atoms with Crippen LogP contribution in [0.1, 0.15) is 24.1 Å². The molecule has 4 heterocycles. The Balaban J connectivity index is 1.43. The van der Waals surface area contributed by atoms with Crippen LogP contribution in [-0.2, 0) is 13.1 Å². The summed E-state index contributed by atoms with van der Waals surface area (Å²) in [6.45, 7) is 5.04. The minimum absolute atomic E-state index is 0.530. The van der Waals surface area contributed by atoms with Crippen molar-refractivity contribution in [1.82, 2.24) is 29.6 Å². The summed E-state index contributed by atoms with van der Waals surface area (Å²) < 4.78 is 2.06. The number of rotatable bonds is 5. The van der Waals surface area contributed by atoms with Gasteiger partial charge in [-0.1, -0.05) is 0 Å². The molecule has 1 aliphatic rings. The summed E-state index contributed by atoms with van der Waals surface area (Å²) in [5, 5.41) is 7.44. The van der Waals surface area contributed by atoms with Crippen molar-refractivity contribution in [3.05, 3.63) is 47.5 Å². The second-order valence-corrected chi connectivity index (χ2v) is 7.08. The molecule has 0 amide bonds. The van der Waals surface area contributed by atoms with E-state index in [1.165, 1.54) is 18.4 Å². The van der Waals surface area contributed by atoms with Crippen molar-refractivity contribution in [1.29, 1.82) is 0 Å². The molecule has 0 bridgehead atoms. The van der Waals surface area contributed by atoms with Gasteiger partial charge in [-0.15, -0.1) is 11.3 Å². The zero-order valence-electron chi connectivity index (χ0n) is 13.7. The van der Waals surface area contributed by atoms with Gasteiger partial charge in [0.2, 0.25) is 0 Å². The average Bonchev–Trinajstić information content (AvgIpc) is 3.32. The SMILES string of the molecule is Cc1cnn(CC2CCCN2Cc2csc(-c3ncccn3)n2)c1. The van der Waals surface area contributed by atoms with Crippen LogP contribution in [0.3, 0.4) is 0 Å². The Bertz CT molecular complexity index is 796. The third kappa shape index (κ3) is 3.37. The number of aryl methyl sites for hydroxylation is 1. The lowest BCUT2D eigenvalue weighted by Gasteiger charge is -2.23. The van der Waals surface area contributed by atoms with E-state index in [4.69, 9.17) is 4.98 Å². The molecule has 0 radical (unpaired) electrons. The predicted molar refractivity (Wildman–Crippen MR) is 93.5 cm³/mol. The third-order valence-electron chi connectivity index (χ3n) is 4.33. The lowest BCUT2D eigenvalue weighted by atomic mass is 10.2. The van der Waals surface area contributed by atoms with E-state index >= 15 is 0 Å². The lowest BCUT2D eigenvalue weighted by molar-refractivity contribution is 0.217. The normalized spacial score (nSPS) is 18.3. The Morgan fingerprint density at radius 1 is 1.29 bits per heavy atom. The summed E-state index contributed by atoms with van der Waals surface area (Å²) in [6.07, 6.45) is 10.0. The van der Waals surface area contributed by atoms with Gasteiger partial charge in [-0.25, -0.2) is 15.0 Å². The maximum absolute atomic E-state index is 4.72. The molecule has 1 atom stereocenters. The van der Waals surface area contributed by atoms with Gasteiger partial charge >= 0.3 is 0 Å². The largest absolute Gasteiger partial charge is 0.293 e. The highest BCUT2D eigenvalue weighted by Crippen LogP contribution is 2.24. The summed E-state index contributed by atoms with van der Waals surface area (Å²) >= 11 is 1.61. The topological polar surface area (TPSA) is 59.7 Å². The number of aromatic nitrogens is 5. The van der Waals surface area contributed by atoms with Crippen molar-refractivity contribution in [3.63, 3.8) is 0 Å². The van der Waals surface area contributed by atoms with Crippen LogP contribution in [0.25, 0.3) is 10.8 Å². The van der Waals surface area contributed by atoms with Crippen LogP contribution < -0.4 is 0 Å². The molecule has 0 aliphatic carbocycles. The Labute approximate surface area is 145 Å². The highest BCUT2D eigenvalue weighted by molar-refractivity contribution is 7.13. The Hall–Kier alpha value is -2.12. The number of thiazole rings is 1. The summed E-state index contributed by atoms with van der Waals surface area (Å²) in [5.74, 6) is 0.707. The Morgan fingerprint density at radius 3 is 2.96 bits per heavy atom. The number of hydrogen-bond acceptors (Lipinski definition) is 6. The first-order valence-corrected chi connectivity index (χ1v) is 9.11. The standard InChI is InChI=1S/C17H20N6S/c1-13-8-20-23(9-13)11-15-4-2-7-22(15)10-14-12-24-17(21-14)16-18-5-3-6-19-16/h3,5-6,8-9,12,15H,2,4,7,10-11H2,1H3. The molecule has 4 rings (SSSR count). The molecule has 1 unspecified atom stereocenters. The molecule has 0 saturated carbocycles. The molecule has 3 aromatic heterocycles. The van der Waals surface area contributed by atoms with Gasteiger partial charge in [-0.05, 0) is 37.9 Å². The third-order valence-corrected chi connectivity index (χ3v) is 5.22. The predicted octanol–water partition coefficient (Wildman–Crippen LogP) is 2.77. The first kappa shape index (κ1) is 15.4. The second-order valence-electron chi connectivity index (χ2n) is 6.22. The minimum atomic E-state index is 0.530. The van der Waals surface area contributed by atoms with E-state index in [1.54, 1.807) is 23.7 Å². The van der Waals surface area contributed by atoms with E-state index in [0.29, 0.717) is 11.9 Å². The fraction of sp³-hybridized carbons (Fsp3) is 0.412. The van der Waals surface area contributed by atoms with Crippen LogP contribution in [0, 0.1) is 6.92 Å². The molecule has 0 spiro atoms. The smallest absolute Gasteiger partial charge is 0.188 e. The van der Waals surface area contributed by atoms with Gasteiger partial charge < -0.3 is 0 Å². The number of hydrogen-bond donors (Lipinski definition) is 0.